The number of aromatic amines is 1. The van der Waals surface area contributed by atoms with Crippen LogP contribution in [-0.2, 0) is 0 Å². The summed E-state index contributed by atoms with van der Waals surface area (Å²) in [7, 11) is 3.86. The highest BCUT2D eigenvalue weighted by Crippen LogP contribution is 2.29. The molecule has 104 valence electrons. The second-order valence-electron chi connectivity index (χ2n) is 5.87. The molecule has 2 heterocycles. The molecule has 0 aliphatic heterocycles. The molecule has 0 radical (unpaired) electrons. The molecule has 1 atom stereocenters. The van der Waals surface area contributed by atoms with Crippen LogP contribution in [0.5, 0.6) is 0 Å². The highest BCUT2D eigenvalue weighted by molar-refractivity contribution is 5.84. The molecule has 0 spiro atoms. The van der Waals surface area contributed by atoms with Crippen molar-refractivity contribution in [1.82, 2.24) is 19.9 Å². The maximum absolute atomic E-state index is 4.56. The third-order valence-electron chi connectivity index (χ3n) is 3.66. The van der Waals surface area contributed by atoms with E-state index in [0.29, 0.717) is 17.6 Å². The Morgan fingerprint density at radius 2 is 2.00 bits per heavy atom. The molecule has 6 heteroatoms. The predicted molar refractivity (Wildman–Crippen MR) is 78.6 cm³/mol. The fourth-order valence-corrected chi connectivity index (χ4v) is 1.95. The molecule has 2 aromatic heterocycles. The lowest BCUT2D eigenvalue weighted by atomic mass is 9.87. The van der Waals surface area contributed by atoms with E-state index in [2.05, 4.69) is 64.9 Å². The van der Waals surface area contributed by atoms with Crippen molar-refractivity contribution in [3.8, 4) is 0 Å². The van der Waals surface area contributed by atoms with Gasteiger partial charge in [-0.2, -0.15) is 9.97 Å². The molecule has 19 heavy (non-hydrogen) atoms. The minimum absolute atomic E-state index is 0.159. The molecule has 2 aromatic rings. The third kappa shape index (κ3) is 2.47. The first-order chi connectivity index (χ1) is 8.84. The first-order valence-corrected chi connectivity index (χ1v) is 6.46. The first kappa shape index (κ1) is 13.6. The van der Waals surface area contributed by atoms with Crippen molar-refractivity contribution >= 4 is 22.9 Å². The molecule has 0 saturated heterocycles. The van der Waals surface area contributed by atoms with Crippen molar-refractivity contribution in [2.75, 3.05) is 24.3 Å². The summed E-state index contributed by atoms with van der Waals surface area (Å²) in [5, 5.41) is 2.98. The van der Waals surface area contributed by atoms with Crippen LogP contribution in [0.2, 0.25) is 0 Å². The van der Waals surface area contributed by atoms with E-state index in [1.54, 1.807) is 6.33 Å². The SMILES string of the molecule is CNc1nc(N(C)C(C)C(C)(C)C)c2[nH]cnc2n1. The molecular weight excluding hydrogens is 240 g/mol. The minimum atomic E-state index is 0.159. The van der Waals surface area contributed by atoms with Crippen molar-refractivity contribution in [3.05, 3.63) is 6.33 Å². The van der Waals surface area contributed by atoms with Crippen molar-refractivity contribution in [1.29, 1.82) is 0 Å². The van der Waals surface area contributed by atoms with Crippen LogP contribution in [0.1, 0.15) is 27.7 Å². The van der Waals surface area contributed by atoms with E-state index in [1.807, 2.05) is 7.05 Å². The minimum Gasteiger partial charge on any atom is -0.357 e. The van der Waals surface area contributed by atoms with Gasteiger partial charge in [0.15, 0.2) is 11.5 Å². The normalized spacial score (nSPS) is 13.6. The average Bonchev–Trinajstić information content (AvgIpc) is 2.82. The highest BCUT2D eigenvalue weighted by atomic mass is 15.3. The summed E-state index contributed by atoms with van der Waals surface area (Å²) in [6, 6.07) is 0.332. The van der Waals surface area contributed by atoms with Crippen molar-refractivity contribution in [2.45, 2.75) is 33.7 Å². The molecular formula is C13H22N6. The summed E-state index contributed by atoms with van der Waals surface area (Å²) in [6.45, 7) is 8.86. The van der Waals surface area contributed by atoms with Crippen LogP contribution >= 0.6 is 0 Å². The van der Waals surface area contributed by atoms with Crippen LogP contribution in [0.15, 0.2) is 6.33 Å². The number of fused-ring (bicyclic) bond motifs is 1. The molecule has 2 N–H and O–H groups in total. The van der Waals surface area contributed by atoms with Gasteiger partial charge in [-0.3, -0.25) is 0 Å². The van der Waals surface area contributed by atoms with Gasteiger partial charge in [-0.05, 0) is 12.3 Å². The second kappa shape index (κ2) is 4.68. The Bertz CT molecular complexity index is 568. The quantitative estimate of drug-likeness (QED) is 0.888. The van der Waals surface area contributed by atoms with Crippen molar-refractivity contribution in [3.63, 3.8) is 0 Å². The summed E-state index contributed by atoms with van der Waals surface area (Å²) in [6.07, 6.45) is 1.65. The average molecular weight is 262 g/mol. The summed E-state index contributed by atoms with van der Waals surface area (Å²) in [4.78, 5) is 18.4. The molecule has 0 aromatic carbocycles. The Balaban J connectivity index is 2.51. The van der Waals surface area contributed by atoms with E-state index in [4.69, 9.17) is 0 Å². The third-order valence-corrected chi connectivity index (χ3v) is 3.66. The van der Waals surface area contributed by atoms with E-state index in [9.17, 15) is 0 Å². The maximum atomic E-state index is 4.56. The number of nitrogens with one attached hydrogen (secondary N) is 2. The van der Waals surface area contributed by atoms with E-state index in [-0.39, 0.29) is 5.41 Å². The topological polar surface area (TPSA) is 69.7 Å². The van der Waals surface area contributed by atoms with Gasteiger partial charge in [-0.1, -0.05) is 20.8 Å². The molecule has 6 nitrogen and oxygen atoms in total. The zero-order valence-corrected chi connectivity index (χ0v) is 12.4. The van der Waals surface area contributed by atoms with Crippen molar-refractivity contribution in [2.24, 2.45) is 5.41 Å². The van der Waals surface area contributed by atoms with E-state index < -0.39 is 0 Å². The Morgan fingerprint density at radius 3 is 2.58 bits per heavy atom. The summed E-state index contributed by atoms with van der Waals surface area (Å²) < 4.78 is 0. The maximum Gasteiger partial charge on any atom is 0.226 e. The zero-order valence-electron chi connectivity index (χ0n) is 12.4. The zero-order chi connectivity index (χ0) is 14.2. The largest absolute Gasteiger partial charge is 0.357 e. The summed E-state index contributed by atoms with van der Waals surface area (Å²) >= 11 is 0. The monoisotopic (exact) mass is 262 g/mol. The van der Waals surface area contributed by atoms with Gasteiger partial charge in [-0.25, -0.2) is 4.98 Å². The van der Waals surface area contributed by atoms with Gasteiger partial charge in [0.05, 0.1) is 6.33 Å². The van der Waals surface area contributed by atoms with Crippen LogP contribution < -0.4 is 10.2 Å². The fraction of sp³-hybridized carbons (Fsp3) is 0.615. The van der Waals surface area contributed by atoms with Gasteiger partial charge >= 0.3 is 0 Å². The van der Waals surface area contributed by atoms with Crippen LogP contribution in [-0.4, -0.2) is 40.1 Å². The van der Waals surface area contributed by atoms with Gasteiger partial charge in [0, 0.05) is 20.1 Å². The lowest BCUT2D eigenvalue weighted by molar-refractivity contribution is 0.329. The van der Waals surface area contributed by atoms with Crippen LogP contribution in [0.3, 0.4) is 0 Å². The van der Waals surface area contributed by atoms with Crippen LogP contribution in [0, 0.1) is 5.41 Å². The first-order valence-electron chi connectivity index (χ1n) is 6.46. The number of imidazole rings is 1. The Kier molecular flexibility index (Phi) is 3.34. The molecule has 0 fully saturated rings. The predicted octanol–water partition coefficient (Wildman–Crippen LogP) is 2.27. The lowest BCUT2D eigenvalue weighted by Gasteiger charge is -2.36. The number of H-pyrrole nitrogens is 1. The molecule has 0 aliphatic rings. The van der Waals surface area contributed by atoms with Crippen molar-refractivity contribution < 1.29 is 0 Å². The Hall–Kier alpha value is -1.85. The van der Waals surface area contributed by atoms with Gasteiger partial charge < -0.3 is 15.2 Å². The second-order valence-corrected chi connectivity index (χ2v) is 5.87. The Morgan fingerprint density at radius 1 is 1.32 bits per heavy atom. The molecule has 0 aliphatic carbocycles. The lowest BCUT2D eigenvalue weighted by Crippen LogP contribution is -2.40. The number of hydrogen-bond acceptors (Lipinski definition) is 5. The van der Waals surface area contributed by atoms with E-state index in [0.717, 1.165) is 11.3 Å². The number of nitrogens with zero attached hydrogens (tertiary/aromatic N) is 4. The highest BCUT2D eigenvalue weighted by Gasteiger charge is 2.26. The van der Waals surface area contributed by atoms with Gasteiger partial charge in [-0.15, -0.1) is 0 Å². The van der Waals surface area contributed by atoms with Gasteiger partial charge in [0.2, 0.25) is 5.95 Å². The summed E-state index contributed by atoms with van der Waals surface area (Å²) in [5.41, 5.74) is 1.71. The van der Waals surface area contributed by atoms with E-state index >= 15 is 0 Å². The van der Waals surface area contributed by atoms with Crippen LogP contribution in [0.25, 0.3) is 11.2 Å². The Labute approximate surface area is 113 Å². The van der Waals surface area contributed by atoms with Gasteiger partial charge in [0.1, 0.15) is 5.52 Å². The molecule has 2 rings (SSSR count). The number of hydrogen-bond donors (Lipinski definition) is 2. The molecule has 0 amide bonds. The number of aromatic nitrogens is 4. The van der Waals surface area contributed by atoms with Crippen LogP contribution in [0.4, 0.5) is 11.8 Å². The standard InChI is InChI=1S/C13H22N6/c1-8(13(2,3)4)19(6)11-9-10(16-7-15-9)17-12(14-5)18-11/h7-8H,1-6H3,(H2,14,15,16,17,18). The smallest absolute Gasteiger partial charge is 0.226 e. The van der Waals surface area contributed by atoms with Gasteiger partial charge in [0.25, 0.3) is 0 Å². The number of anilines is 2. The summed E-state index contributed by atoms with van der Waals surface area (Å²) in [5.74, 6) is 1.46. The molecule has 0 saturated carbocycles. The number of rotatable bonds is 3. The van der Waals surface area contributed by atoms with E-state index in [1.165, 1.54) is 0 Å². The fourth-order valence-electron chi connectivity index (χ4n) is 1.95. The molecule has 0 bridgehead atoms. The molecule has 1 unspecified atom stereocenters.